The molecule has 0 bridgehead atoms. The van der Waals surface area contributed by atoms with Gasteiger partial charge in [-0.1, -0.05) is 0 Å². The molecule has 0 fully saturated rings. The van der Waals surface area contributed by atoms with Crippen molar-refractivity contribution in [2.24, 2.45) is 11.5 Å². The largest absolute Gasteiger partial charge is 0.464 e. The standard InChI is InChI=1S/C7H10N2O2/c1-4-6(7(9)10)2-5(3-8)11-4/h2H,3,8H2,1H3,(H2,9,10). The van der Waals surface area contributed by atoms with E-state index >= 15 is 0 Å². The maximum absolute atomic E-state index is 10.7. The van der Waals surface area contributed by atoms with E-state index in [-0.39, 0.29) is 6.54 Å². The first kappa shape index (κ1) is 7.81. The minimum absolute atomic E-state index is 0.286. The van der Waals surface area contributed by atoms with Gasteiger partial charge in [0.15, 0.2) is 0 Å². The van der Waals surface area contributed by atoms with Crippen molar-refractivity contribution in [3.8, 4) is 0 Å². The molecule has 4 N–H and O–H groups in total. The molecule has 0 spiro atoms. The van der Waals surface area contributed by atoms with E-state index in [9.17, 15) is 4.79 Å². The number of furan rings is 1. The summed E-state index contributed by atoms with van der Waals surface area (Å²) < 4.78 is 5.10. The van der Waals surface area contributed by atoms with Gasteiger partial charge in [0.25, 0.3) is 5.91 Å². The van der Waals surface area contributed by atoms with Crippen molar-refractivity contribution >= 4 is 5.91 Å². The summed E-state index contributed by atoms with van der Waals surface area (Å²) >= 11 is 0. The summed E-state index contributed by atoms with van der Waals surface area (Å²) in [5.41, 5.74) is 10.7. The van der Waals surface area contributed by atoms with Crippen LogP contribution in [-0.2, 0) is 6.54 Å². The van der Waals surface area contributed by atoms with E-state index in [4.69, 9.17) is 15.9 Å². The number of rotatable bonds is 2. The summed E-state index contributed by atoms with van der Waals surface area (Å²) in [6, 6.07) is 1.57. The van der Waals surface area contributed by atoms with Gasteiger partial charge in [-0.3, -0.25) is 4.79 Å². The predicted molar refractivity (Wildman–Crippen MR) is 39.9 cm³/mol. The predicted octanol–water partition coefficient (Wildman–Crippen LogP) is 0.146. The molecule has 0 aliphatic rings. The van der Waals surface area contributed by atoms with E-state index in [0.717, 1.165) is 0 Å². The van der Waals surface area contributed by atoms with Gasteiger partial charge >= 0.3 is 0 Å². The van der Waals surface area contributed by atoms with Crippen molar-refractivity contribution < 1.29 is 9.21 Å². The van der Waals surface area contributed by atoms with Gasteiger partial charge < -0.3 is 15.9 Å². The number of aryl methyl sites for hydroxylation is 1. The lowest BCUT2D eigenvalue weighted by Crippen LogP contribution is -2.10. The van der Waals surface area contributed by atoms with Gasteiger partial charge in [0.05, 0.1) is 12.1 Å². The smallest absolute Gasteiger partial charge is 0.252 e. The zero-order valence-electron chi connectivity index (χ0n) is 6.26. The molecule has 1 amide bonds. The summed E-state index contributed by atoms with van der Waals surface area (Å²) in [6.07, 6.45) is 0. The molecular formula is C7H10N2O2. The van der Waals surface area contributed by atoms with Crippen molar-refractivity contribution in [3.05, 3.63) is 23.2 Å². The quantitative estimate of drug-likeness (QED) is 0.635. The van der Waals surface area contributed by atoms with Crippen molar-refractivity contribution in [3.63, 3.8) is 0 Å². The molecule has 60 valence electrons. The number of amides is 1. The third kappa shape index (κ3) is 1.40. The van der Waals surface area contributed by atoms with Crippen molar-refractivity contribution in [1.29, 1.82) is 0 Å². The summed E-state index contributed by atoms with van der Waals surface area (Å²) in [6.45, 7) is 1.97. The minimum Gasteiger partial charge on any atom is -0.464 e. The number of nitrogens with two attached hydrogens (primary N) is 2. The molecule has 4 nitrogen and oxygen atoms in total. The fourth-order valence-electron chi connectivity index (χ4n) is 0.889. The van der Waals surface area contributed by atoms with Crippen LogP contribution in [0.1, 0.15) is 21.9 Å². The molecule has 11 heavy (non-hydrogen) atoms. The van der Waals surface area contributed by atoms with E-state index in [1.54, 1.807) is 13.0 Å². The number of primary amides is 1. The van der Waals surface area contributed by atoms with Crippen LogP contribution in [-0.4, -0.2) is 5.91 Å². The number of carbonyl (C=O) groups excluding carboxylic acids is 1. The van der Waals surface area contributed by atoms with Gasteiger partial charge in [0.2, 0.25) is 0 Å². The van der Waals surface area contributed by atoms with Crippen LogP contribution in [0.15, 0.2) is 10.5 Å². The van der Waals surface area contributed by atoms with Crippen LogP contribution in [0.25, 0.3) is 0 Å². The Labute approximate surface area is 64.2 Å². The van der Waals surface area contributed by atoms with Crippen LogP contribution < -0.4 is 11.5 Å². The van der Waals surface area contributed by atoms with Crippen LogP contribution in [0.4, 0.5) is 0 Å². The normalized spacial score (nSPS) is 10.0. The molecule has 0 unspecified atom stereocenters. The lowest BCUT2D eigenvalue weighted by atomic mass is 10.2. The molecule has 1 aromatic heterocycles. The second kappa shape index (κ2) is 2.75. The maximum atomic E-state index is 10.7. The first-order valence-electron chi connectivity index (χ1n) is 3.24. The van der Waals surface area contributed by atoms with E-state index < -0.39 is 5.91 Å². The highest BCUT2D eigenvalue weighted by molar-refractivity contribution is 5.93. The number of hydrogen-bond donors (Lipinski definition) is 2. The SMILES string of the molecule is Cc1oc(CN)cc1C(N)=O. The van der Waals surface area contributed by atoms with Crippen molar-refractivity contribution in [2.45, 2.75) is 13.5 Å². The average Bonchev–Trinajstić information content (AvgIpc) is 2.30. The zero-order chi connectivity index (χ0) is 8.43. The summed E-state index contributed by atoms with van der Waals surface area (Å²) in [5, 5.41) is 0. The van der Waals surface area contributed by atoms with Crippen molar-refractivity contribution in [1.82, 2.24) is 0 Å². The molecule has 4 heteroatoms. The Morgan fingerprint density at radius 2 is 2.36 bits per heavy atom. The third-order valence-electron chi connectivity index (χ3n) is 1.44. The second-order valence-electron chi connectivity index (χ2n) is 2.25. The topological polar surface area (TPSA) is 82.2 Å². The van der Waals surface area contributed by atoms with Crippen LogP contribution in [0, 0.1) is 6.92 Å². The second-order valence-corrected chi connectivity index (χ2v) is 2.25. The Hall–Kier alpha value is -1.29. The minimum atomic E-state index is -0.481. The Morgan fingerprint density at radius 3 is 2.64 bits per heavy atom. The number of hydrogen-bond acceptors (Lipinski definition) is 3. The van der Waals surface area contributed by atoms with Crippen LogP contribution >= 0.6 is 0 Å². The lowest BCUT2D eigenvalue weighted by molar-refractivity contribution is 0.0999. The Bertz CT molecular complexity index is 278. The molecule has 0 saturated heterocycles. The fourth-order valence-corrected chi connectivity index (χ4v) is 0.889. The first-order valence-corrected chi connectivity index (χ1v) is 3.24. The number of carbonyl (C=O) groups is 1. The molecule has 0 atom stereocenters. The Balaban J connectivity index is 3.07. The van der Waals surface area contributed by atoms with E-state index in [0.29, 0.717) is 17.1 Å². The highest BCUT2D eigenvalue weighted by Gasteiger charge is 2.10. The zero-order valence-corrected chi connectivity index (χ0v) is 6.26. The average molecular weight is 154 g/mol. The highest BCUT2D eigenvalue weighted by Crippen LogP contribution is 2.12. The molecule has 0 aliphatic heterocycles. The summed E-state index contributed by atoms with van der Waals surface area (Å²) in [4.78, 5) is 10.7. The molecule has 0 radical (unpaired) electrons. The molecule has 1 heterocycles. The van der Waals surface area contributed by atoms with E-state index in [1.807, 2.05) is 0 Å². The van der Waals surface area contributed by atoms with Gasteiger partial charge in [-0.05, 0) is 13.0 Å². The lowest BCUT2D eigenvalue weighted by Gasteiger charge is -1.86. The molecule has 1 aromatic rings. The molecule has 0 aliphatic carbocycles. The molecular weight excluding hydrogens is 144 g/mol. The van der Waals surface area contributed by atoms with Gasteiger partial charge in [-0.2, -0.15) is 0 Å². The molecule has 0 aromatic carbocycles. The molecule has 0 saturated carbocycles. The van der Waals surface area contributed by atoms with Crippen LogP contribution in [0.3, 0.4) is 0 Å². The van der Waals surface area contributed by atoms with Crippen LogP contribution in [0.5, 0.6) is 0 Å². The third-order valence-corrected chi connectivity index (χ3v) is 1.44. The van der Waals surface area contributed by atoms with E-state index in [1.165, 1.54) is 0 Å². The van der Waals surface area contributed by atoms with Crippen molar-refractivity contribution in [2.75, 3.05) is 0 Å². The molecule has 1 rings (SSSR count). The Morgan fingerprint density at radius 1 is 1.73 bits per heavy atom. The Kier molecular flexibility index (Phi) is 1.96. The summed E-state index contributed by atoms with van der Waals surface area (Å²) in [7, 11) is 0. The highest BCUT2D eigenvalue weighted by atomic mass is 16.3. The van der Waals surface area contributed by atoms with Crippen LogP contribution in [0.2, 0.25) is 0 Å². The fraction of sp³-hybridized carbons (Fsp3) is 0.286. The van der Waals surface area contributed by atoms with Gasteiger partial charge in [-0.15, -0.1) is 0 Å². The van der Waals surface area contributed by atoms with Gasteiger partial charge in [-0.25, -0.2) is 0 Å². The first-order chi connectivity index (χ1) is 5.15. The summed E-state index contributed by atoms with van der Waals surface area (Å²) in [5.74, 6) is 0.625. The van der Waals surface area contributed by atoms with Gasteiger partial charge in [0, 0.05) is 0 Å². The van der Waals surface area contributed by atoms with E-state index in [2.05, 4.69) is 0 Å². The maximum Gasteiger partial charge on any atom is 0.252 e. The monoisotopic (exact) mass is 154 g/mol. The van der Waals surface area contributed by atoms with Gasteiger partial charge in [0.1, 0.15) is 11.5 Å².